The van der Waals surface area contributed by atoms with E-state index in [-0.39, 0.29) is 11.5 Å². The van der Waals surface area contributed by atoms with Crippen LogP contribution in [0.3, 0.4) is 0 Å². The van der Waals surface area contributed by atoms with Gasteiger partial charge in [-0.1, -0.05) is 37.3 Å². The van der Waals surface area contributed by atoms with Gasteiger partial charge in [0.15, 0.2) is 4.80 Å². The first-order valence-electron chi connectivity index (χ1n) is 9.22. The molecule has 0 saturated heterocycles. The molecule has 0 N–H and O–H groups in total. The SMILES string of the molecule is CC1=C(C(=O)OCC(C)C)C(c2cccs2)n2c(sc(=Cc3cccs3)c2=O)=N1. The topological polar surface area (TPSA) is 60.7 Å². The first kappa shape index (κ1) is 20.0. The minimum Gasteiger partial charge on any atom is -0.462 e. The maximum atomic E-state index is 13.3. The molecule has 4 heterocycles. The second-order valence-corrected chi connectivity index (χ2v) is 10.1. The molecule has 1 aliphatic rings. The van der Waals surface area contributed by atoms with E-state index in [0.29, 0.717) is 27.2 Å². The number of aromatic nitrogens is 1. The zero-order valence-corrected chi connectivity index (χ0v) is 18.7. The first-order valence-corrected chi connectivity index (χ1v) is 11.8. The molecule has 0 amide bonds. The van der Waals surface area contributed by atoms with Crippen molar-refractivity contribution in [2.24, 2.45) is 10.9 Å². The van der Waals surface area contributed by atoms with Crippen molar-refractivity contribution >= 4 is 46.1 Å². The fourth-order valence-corrected chi connectivity index (χ4v) is 5.71. The van der Waals surface area contributed by atoms with Crippen molar-refractivity contribution in [3.8, 4) is 0 Å². The summed E-state index contributed by atoms with van der Waals surface area (Å²) in [6.45, 7) is 6.12. The summed E-state index contributed by atoms with van der Waals surface area (Å²) >= 11 is 4.44. The van der Waals surface area contributed by atoms with Crippen LogP contribution in [0.5, 0.6) is 0 Å². The van der Waals surface area contributed by atoms with Crippen LogP contribution in [0.1, 0.15) is 36.6 Å². The second-order valence-electron chi connectivity index (χ2n) is 7.10. The maximum absolute atomic E-state index is 13.3. The molecule has 3 aromatic heterocycles. The highest BCUT2D eigenvalue weighted by Crippen LogP contribution is 2.33. The molecule has 0 aliphatic carbocycles. The Hall–Kier alpha value is -2.29. The predicted molar refractivity (Wildman–Crippen MR) is 118 cm³/mol. The molecule has 0 saturated carbocycles. The Bertz CT molecular complexity index is 1230. The lowest BCUT2D eigenvalue weighted by Crippen LogP contribution is -2.39. The third-order valence-corrected chi connectivity index (χ3v) is 7.15. The Labute approximate surface area is 179 Å². The Balaban J connectivity index is 1.88. The van der Waals surface area contributed by atoms with Gasteiger partial charge in [-0.15, -0.1) is 22.7 Å². The molecular formula is C21H20N2O3S3. The van der Waals surface area contributed by atoms with E-state index in [2.05, 4.69) is 4.99 Å². The number of thiophene rings is 2. The highest BCUT2D eigenvalue weighted by molar-refractivity contribution is 7.11. The van der Waals surface area contributed by atoms with Crippen molar-refractivity contribution in [2.75, 3.05) is 6.61 Å². The predicted octanol–water partition coefficient (Wildman–Crippen LogP) is 3.56. The van der Waals surface area contributed by atoms with E-state index in [1.807, 2.05) is 61.9 Å². The third kappa shape index (κ3) is 3.92. The molecule has 3 aromatic rings. The van der Waals surface area contributed by atoms with Crippen LogP contribution >= 0.6 is 34.0 Å². The van der Waals surface area contributed by atoms with Crippen molar-refractivity contribution < 1.29 is 9.53 Å². The maximum Gasteiger partial charge on any atom is 0.338 e. The number of hydrogen-bond acceptors (Lipinski definition) is 7. The van der Waals surface area contributed by atoms with Crippen molar-refractivity contribution in [2.45, 2.75) is 26.8 Å². The van der Waals surface area contributed by atoms with Crippen LogP contribution in [-0.4, -0.2) is 17.1 Å². The number of hydrogen-bond donors (Lipinski definition) is 0. The number of nitrogens with zero attached hydrogens (tertiary/aromatic N) is 2. The Morgan fingerprint density at radius 1 is 1.28 bits per heavy atom. The van der Waals surface area contributed by atoms with Gasteiger partial charge in [0, 0.05) is 9.75 Å². The van der Waals surface area contributed by atoms with Crippen molar-refractivity contribution in [1.29, 1.82) is 0 Å². The number of esters is 1. The molecule has 0 fully saturated rings. The smallest absolute Gasteiger partial charge is 0.338 e. The largest absolute Gasteiger partial charge is 0.462 e. The van der Waals surface area contributed by atoms with Crippen LogP contribution < -0.4 is 14.9 Å². The van der Waals surface area contributed by atoms with E-state index in [0.717, 1.165) is 9.75 Å². The molecule has 0 aromatic carbocycles. The number of thiazole rings is 1. The minimum absolute atomic E-state index is 0.137. The number of carbonyl (C=O) groups excluding carboxylic acids is 1. The molecule has 29 heavy (non-hydrogen) atoms. The average molecular weight is 445 g/mol. The normalized spacial score (nSPS) is 16.8. The van der Waals surface area contributed by atoms with Gasteiger partial charge in [0.2, 0.25) is 0 Å². The molecule has 1 atom stereocenters. The van der Waals surface area contributed by atoms with E-state index in [4.69, 9.17) is 4.74 Å². The monoisotopic (exact) mass is 444 g/mol. The van der Waals surface area contributed by atoms with E-state index >= 15 is 0 Å². The fraction of sp³-hybridized carbons (Fsp3) is 0.286. The lowest BCUT2D eigenvalue weighted by atomic mass is 10.0. The molecule has 5 nitrogen and oxygen atoms in total. The molecule has 150 valence electrons. The van der Waals surface area contributed by atoms with Gasteiger partial charge >= 0.3 is 5.97 Å². The van der Waals surface area contributed by atoms with Gasteiger partial charge in [-0.25, -0.2) is 9.79 Å². The standard InChI is InChI=1S/C21H20N2O3S3/c1-12(2)11-26-20(25)17-13(3)22-21-23(18(17)15-7-5-9-28-15)19(24)16(29-21)10-14-6-4-8-27-14/h4-10,12,18H,11H2,1-3H3. The lowest BCUT2D eigenvalue weighted by molar-refractivity contribution is -0.140. The van der Waals surface area contributed by atoms with Crippen molar-refractivity contribution in [3.05, 3.63) is 75.7 Å². The van der Waals surface area contributed by atoms with Gasteiger partial charge in [0.1, 0.15) is 6.04 Å². The van der Waals surface area contributed by atoms with E-state index in [9.17, 15) is 9.59 Å². The molecule has 0 bridgehead atoms. The molecule has 0 radical (unpaired) electrons. The van der Waals surface area contributed by atoms with Crippen LogP contribution in [0.2, 0.25) is 0 Å². The average Bonchev–Trinajstić information content (AvgIpc) is 3.42. The quantitative estimate of drug-likeness (QED) is 0.566. The summed E-state index contributed by atoms with van der Waals surface area (Å²) in [5.74, 6) is -0.183. The number of allylic oxidation sites excluding steroid dienone is 1. The number of ether oxygens (including phenoxy) is 1. The van der Waals surface area contributed by atoms with Gasteiger partial charge in [-0.05, 0) is 41.8 Å². The molecular weight excluding hydrogens is 424 g/mol. The van der Waals surface area contributed by atoms with Gasteiger partial charge in [0.25, 0.3) is 5.56 Å². The third-order valence-electron chi connectivity index (χ3n) is 4.42. The second kappa shape index (κ2) is 8.22. The van der Waals surface area contributed by atoms with E-state index < -0.39 is 12.0 Å². The zero-order chi connectivity index (χ0) is 20.5. The van der Waals surface area contributed by atoms with Crippen LogP contribution in [0, 0.1) is 5.92 Å². The van der Waals surface area contributed by atoms with Gasteiger partial charge in [0.05, 0.1) is 22.4 Å². The molecule has 8 heteroatoms. The van der Waals surface area contributed by atoms with Crippen LogP contribution in [-0.2, 0) is 9.53 Å². The van der Waals surface area contributed by atoms with Gasteiger partial charge < -0.3 is 4.74 Å². The summed E-state index contributed by atoms with van der Waals surface area (Å²) in [4.78, 5) is 33.4. The number of rotatable bonds is 5. The highest BCUT2D eigenvalue weighted by atomic mass is 32.1. The lowest BCUT2D eigenvalue weighted by Gasteiger charge is -2.23. The molecule has 0 spiro atoms. The van der Waals surface area contributed by atoms with Gasteiger partial charge in [-0.3, -0.25) is 9.36 Å². The number of carbonyl (C=O) groups is 1. The van der Waals surface area contributed by atoms with Crippen molar-refractivity contribution in [3.63, 3.8) is 0 Å². The van der Waals surface area contributed by atoms with Gasteiger partial charge in [-0.2, -0.15) is 0 Å². The van der Waals surface area contributed by atoms with Crippen LogP contribution in [0.15, 0.2) is 56.1 Å². The Morgan fingerprint density at radius 3 is 2.69 bits per heavy atom. The molecule has 1 unspecified atom stereocenters. The summed E-state index contributed by atoms with van der Waals surface area (Å²) in [6.07, 6.45) is 1.88. The minimum atomic E-state index is -0.517. The summed E-state index contributed by atoms with van der Waals surface area (Å²) in [5, 5.41) is 3.92. The number of fused-ring (bicyclic) bond motifs is 1. The van der Waals surface area contributed by atoms with Crippen LogP contribution in [0.4, 0.5) is 0 Å². The zero-order valence-electron chi connectivity index (χ0n) is 16.2. The fourth-order valence-electron chi connectivity index (χ4n) is 3.12. The van der Waals surface area contributed by atoms with Crippen molar-refractivity contribution in [1.82, 2.24) is 4.57 Å². The Morgan fingerprint density at radius 2 is 2.03 bits per heavy atom. The summed E-state index contributed by atoms with van der Waals surface area (Å²) in [5.41, 5.74) is 0.895. The van der Waals surface area contributed by atoms with E-state index in [1.54, 1.807) is 15.9 Å². The summed E-state index contributed by atoms with van der Waals surface area (Å²) < 4.78 is 7.76. The molecule has 1 aliphatic heterocycles. The van der Waals surface area contributed by atoms with Crippen LogP contribution in [0.25, 0.3) is 6.08 Å². The first-order chi connectivity index (χ1) is 14.0. The highest BCUT2D eigenvalue weighted by Gasteiger charge is 2.34. The molecule has 4 rings (SSSR count). The van der Waals surface area contributed by atoms with E-state index in [1.165, 1.54) is 22.7 Å². The summed E-state index contributed by atoms with van der Waals surface area (Å²) in [7, 11) is 0. The Kier molecular flexibility index (Phi) is 5.67. The summed E-state index contributed by atoms with van der Waals surface area (Å²) in [6, 6.07) is 7.28.